The van der Waals surface area contributed by atoms with Gasteiger partial charge in [0.05, 0.1) is 16.3 Å². The molecule has 3 N–H and O–H groups in total. The van der Waals surface area contributed by atoms with E-state index in [-0.39, 0.29) is 23.1 Å². The van der Waals surface area contributed by atoms with Crippen LogP contribution in [0.4, 0.5) is 11.4 Å². The Kier molecular flexibility index (Phi) is 11.3. The fourth-order valence-corrected chi connectivity index (χ4v) is 5.29. The van der Waals surface area contributed by atoms with Gasteiger partial charge in [0.1, 0.15) is 0 Å². The summed E-state index contributed by atoms with van der Waals surface area (Å²) in [6.45, 7) is 9.62. The van der Waals surface area contributed by atoms with Gasteiger partial charge < -0.3 is 15.5 Å². The van der Waals surface area contributed by atoms with Crippen LogP contribution in [0.1, 0.15) is 56.5 Å². The van der Waals surface area contributed by atoms with Crippen molar-refractivity contribution in [3.63, 3.8) is 0 Å². The van der Waals surface area contributed by atoms with Crippen molar-refractivity contribution in [3.05, 3.63) is 90.0 Å². The number of sulfonamides is 1. The van der Waals surface area contributed by atoms with Crippen LogP contribution in [0.5, 0.6) is 0 Å². The average Bonchev–Trinajstić information content (AvgIpc) is 2.95. The minimum Gasteiger partial charge on any atom is -0.379 e. The quantitative estimate of drug-likeness (QED) is 0.235. The number of anilines is 2. The number of nitrogens with one attached hydrogen (secondary N) is 3. The normalized spacial score (nSPS) is 12.2. The first-order valence-electron chi connectivity index (χ1n) is 14.0. The second-order valence-electron chi connectivity index (χ2n) is 11.0. The van der Waals surface area contributed by atoms with Gasteiger partial charge in [0, 0.05) is 38.2 Å². The first kappa shape index (κ1) is 31.7. The van der Waals surface area contributed by atoms with Crippen LogP contribution in [0.2, 0.25) is 0 Å². The van der Waals surface area contributed by atoms with Gasteiger partial charge in [-0.15, -0.1) is 0 Å². The SMILES string of the molecule is CC(C)CCN(C)c1ccc(C(=O)NC(CC(=O)NS(=O)(=O)c2ccccc2)C(C)C)cc1NCc1ccccc1. The molecule has 2 amide bonds. The maximum atomic E-state index is 13.4. The largest absolute Gasteiger partial charge is 0.379 e. The summed E-state index contributed by atoms with van der Waals surface area (Å²) < 4.78 is 27.3. The van der Waals surface area contributed by atoms with Crippen LogP contribution in [-0.4, -0.2) is 39.9 Å². The number of hydrogen-bond donors (Lipinski definition) is 3. The molecule has 0 saturated carbocycles. The molecule has 0 aliphatic carbocycles. The highest BCUT2D eigenvalue weighted by Gasteiger charge is 2.24. The zero-order valence-electron chi connectivity index (χ0n) is 24.6. The van der Waals surface area contributed by atoms with Gasteiger partial charge in [-0.05, 0) is 54.2 Å². The first-order chi connectivity index (χ1) is 19.5. The molecule has 1 atom stereocenters. The highest BCUT2D eigenvalue weighted by Crippen LogP contribution is 2.28. The Bertz CT molecular complexity index is 1390. The van der Waals surface area contributed by atoms with Crippen molar-refractivity contribution in [1.82, 2.24) is 10.0 Å². The van der Waals surface area contributed by atoms with E-state index in [0.717, 1.165) is 29.9 Å². The summed E-state index contributed by atoms with van der Waals surface area (Å²) in [7, 11) is -1.95. The van der Waals surface area contributed by atoms with Crippen molar-refractivity contribution in [2.75, 3.05) is 23.8 Å². The van der Waals surface area contributed by atoms with Gasteiger partial charge in [0.15, 0.2) is 0 Å². The molecule has 0 aliphatic rings. The van der Waals surface area contributed by atoms with Crippen LogP contribution in [0.25, 0.3) is 0 Å². The minimum absolute atomic E-state index is 0.00691. The molecule has 41 heavy (non-hydrogen) atoms. The maximum absolute atomic E-state index is 13.4. The maximum Gasteiger partial charge on any atom is 0.264 e. The number of carbonyl (C=O) groups excluding carboxylic acids is 2. The molecule has 0 aromatic heterocycles. The fraction of sp³-hybridized carbons (Fsp3) is 0.375. The van der Waals surface area contributed by atoms with Crippen molar-refractivity contribution in [3.8, 4) is 0 Å². The lowest BCUT2D eigenvalue weighted by Crippen LogP contribution is -2.43. The van der Waals surface area contributed by atoms with Crippen LogP contribution < -0.4 is 20.3 Å². The number of rotatable bonds is 14. The third-order valence-electron chi connectivity index (χ3n) is 6.87. The van der Waals surface area contributed by atoms with Crippen LogP contribution in [-0.2, 0) is 21.4 Å². The molecule has 0 fully saturated rings. The van der Waals surface area contributed by atoms with Gasteiger partial charge in [-0.2, -0.15) is 0 Å². The smallest absolute Gasteiger partial charge is 0.264 e. The van der Waals surface area contributed by atoms with E-state index in [1.807, 2.05) is 63.4 Å². The minimum atomic E-state index is -3.99. The number of nitrogens with zero attached hydrogens (tertiary/aromatic N) is 1. The van der Waals surface area contributed by atoms with Gasteiger partial charge in [-0.25, -0.2) is 13.1 Å². The molecule has 0 saturated heterocycles. The van der Waals surface area contributed by atoms with E-state index in [1.54, 1.807) is 24.3 Å². The van der Waals surface area contributed by atoms with E-state index in [1.165, 1.54) is 12.1 Å². The molecule has 0 heterocycles. The van der Waals surface area contributed by atoms with Crippen molar-refractivity contribution >= 4 is 33.2 Å². The molecule has 8 nitrogen and oxygen atoms in total. The van der Waals surface area contributed by atoms with Crippen LogP contribution in [0, 0.1) is 11.8 Å². The summed E-state index contributed by atoms with van der Waals surface area (Å²) in [5.41, 5.74) is 3.39. The molecular formula is C32H42N4O4S. The second kappa shape index (κ2) is 14.7. The Morgan fingerprint density at radius 3 is 2.12 bits per heavy atom. The predicted octanol–water partition coefficient (Wildman–Crippen LogP) is 5.43. The lowest BCUT2D eigenvalue weighted by atomic mass is 10.00. The molecule has 3 rings (SSSR count). The van der Waals surface area contributed by atoms with Crippen molar-refractivity contribution in [2.24, 2.45) is 11.8 Å². The molecule has 0 bridgehead atoms. The zero-order chi connectivity index (χ0) is 30.0. The molecule has 3 aromatic carbocycles. The molecular weight excluding hydrogens is 536 g/mol. The van der Waals surface area contributed by atoms with E-state index in [4.69, 9.17) is 0 Å². The summed E-state index contributed by atoms with van der Waals surface area (Å²) in [4.78, 5) is 28.3. The Labute approximate surface area is 244 Å². The predicted molar refractivity (Wildman–Crippen MR) is 165 cm³/mol. The third kappa shape index (κ3) is 9.63. The molecule has 1 unspecified atom stereocenters. The Morgan fingerprint density at radius 2 is 1.51 bits per heavy atom. The lowest BCUT2D eigenvalue weighted by Gasteiger charge is -2.25. The highest BCUT2D eigenvalue weighted by molar-refractivity contribution is 7.90. The van der Waals surface area contributed by atoms with E-state index in [2.05, 4.69) is 34.1 Å². The van der Waals surface area contributed by atoms with Gasteiger partial charge in [-0.3, -0.25) is 9.59 Å². The van der Waals surface area contributed by atoms with Gasteiger partial charge in [0.2, 0.25) is 5.91 Å². The standard InChI is InChI=1S/C32H42N4O4S/c1-23(2)18-19-36(5)30-17-16-26(20-29(30)33-22-25-12-8-6-9-13-25)32(38)34-28(24(3)4)21-31(37)35-41(39,40)27-14-10-7-11-15-27/h6-17,20,23-24,28,33H,18-19,21-22H2,1-5H3,(H,34,38)(H,35,37). The third-order valence-corrected chi connectivity index (χ3v) is 8.26. The summed E-state index contributed by atoms with van der Waals surface area (Å²) in [6.07, 6.45) is 0.861. The number of benzene rings is 3. The van der Waals surface area contributed by atoms with Crippen LogP contribution in [0.15, 0.2) is 83.8 Å². The molecule has 9 heteroatoms. The molecule has 0 spiro atoms. The van der Waals surface area contributed by atoms with Gasteiger partial charge in [0.25, 0.3) is 15.9 Å². The lowest BCUT2D eigenvalue weighted by molar-refractivity contribution is -0.120. The fourth-order valence-electron chi connectivity index (χ4n) is 4.27. The summed E-state index contributed by atoms with van der Waals surface area (Å²) >= 11 is 0. The van der Waals surface area contributed by atoms with E-state index in [9.17, 15) is 18.0 Å². The first-order valence-corrected chi connectivity index (χ1v) is 15.5. The van der Waals surface area contributed by atoms with E-state index >= 15 is 0 Å². The van der Waals surface area contributed by atoms with Gasteiger partial charge in [-0.1, -0.05) is 76.2 Å². The van der Waals surface area contributed by atoms with Crippen molar-refractivity contribution < 1.29 is 18.0 Å². The number of amides is 2. The number of carbonyl (C=O) groups is 2. The topological polar surface area (TPSA) is 108 Å². The van der Waals surface area contributed by atoms with Crippen LogP contribution in [0.3, 0.4) is 0 Å². The zero-order valence-corrected chi connectivity index (χ0v) is 25.4. The monoisotopic (exact) mass is 578 g/mol. The summed E-state index contributed by atoms with van der Waals surface area (Å²) in [6, 6.07) is 22.7. The highest BCUT2D eigenvalue weighted by atomic mass is 32.2. The van der Waals surface area contributed by atoms with E-state index < -0.39 is 22.0 Å². The molecule has 0 aliphatic heterocycles. The average molecular weight is 579 g/mol. The second-order valence-corrected chi connectivity index (χ2v) is 12.7. The van der Waals surface area contributed by atoms with Crippen molar-refractivity contribution in [1.29, 1.82) is 0 Å². The van der Waals surface area contributed by atoms with Gasteiger partial charge >= 0.3 is 0 Å². The molecule has 220 valence electrons. The Balaban J connectivity index is 1.76. The summed E-state index contributed by atoms with van der Waals surface area (Å²) in [5, 5.41) is 6.43. The Hall–Kier alpha value is -3.85. The van der Waals surface area contributed by atoms with E-state index in [0.29, 0.717) is 18.0 Å². The summed E-state index contributed by atoms with van der Waals surface area (Å²) in [5.74, 6) is -0.556. The van der Waals surface area contributed by atoms with Crippen molar-refractivity contribution in [2.45, 2.75) is 58.0 Å². The van der Waals surface area contributed by atoms with Crippen LogP contribution >= 0.6 is 0 Å². The molecule has 0 radical (unpaired) electrons. The number of hydrogen-bond acceptors (Lipinski definition) is 6. The Morgan fingerprint density at radius 1 is 0.878 bits per heavy atom. The molecule has 3 aromatic rings.